The summed E-state index contributed by atoms with van der Waals surface area (Å²) >= 11 is 0. The van der Waals surface area contributed by atoms with E-state index in [-0.39, 0.29) is 4.48 Å². The molecule has 33 heavy (non-hydrogen) atoms. The van der Waals surface area contributed by atoms with Gasteiger partial charge in [-0.1, -0.05) is 36.4 Å². The number of ether oxygens (including phenoxy) is 1. The van der Waals surface area contributed by atoms with Gasteiger partial charge in [-0.3, -0.25) is 0 Å². The highest BCUT2D eigenvalue weighted by molar-refractivity contribution is 5.73. The number of aliphatic carboxylic acids is 1. The second kappa shape index (κ2) is 9.40. The summed E-state index contributed by atoms with van der Waals surface area (Å²) in [6, 6.07) is 16.8. The Balaban J connectivity index is 1.51. The number of fused-ring (bicyclic) bond motifs is 2. The zero-order chi connectivity index (χ0) is 23.8. The van der Waals surface area contributed by atoms with Crippen LogP contribution in [0.1, 0.15) is 17.5 Å². The van der Waals surface area contributed by atoms with Crippen LogP contribution in [-0.4, -0.2) is 88.7 Å². The van der Waals surface area contributed by atoms with Crippen molar-refractivity contribution in [2.24, 2.45) is 0 Å². The third kappa shape index (κ3) is 4.62. The van der Waals surface area contributed by atoms with Gasteiger partial charge in [0, 0.05) is 24.3 Å². The number of carboxylic acid groups (broad SMARTS) is 1. The number of anilines is 2. The van der Waals surface area contributed by atoms with Crippen molar-refractivity contribution < 1.29 is 34.4 Å². The van der Waals surface area contributed by atoms with E-state index in [0.29, 0.717) is 6.54 Å². The molecule has 2 aromatic rings. The Morgan fingerprint density at radius 1 is 0.939 bits per heavy atom. The SMILES string of the molecule is C[N+](C)(CCCN1c2ccccc2CCc2ccccc21)[C@@H]1O[C@H](C(=O)O)[C@@H](O)[C@@H](O)[C@@H]1O. The minimum absolute atomic E-state index is 0.145. The van der Waals surface area contributed by atoms with Gasteiger partial charge in [0.1, 0.15) is 12.2 Å². The molecule has 0 saturated carbocycles. The number of nitrogens with zero attached hydrogens (tertiary/aromatic N) is 2. The van der Waals surface area contributed by atoms with Crippen molar-refractivity contribution in [1.29, 1.82) is 0 Å². The molecule has 2 aliphatic rings. The van der Waals surface area contributed by atoms with Crippen molar-refractivity contribution in [1.82, 2.24) is 0 Å². The zero-order valence-corrected chi connectivity index (χ0v) is 19.0. The molecular formula is C25H33N2O6+. The maximum atomic E-state index is 11.5. The van der Waals surface area contributed by atoms with Crippen molar-refractivity contribution in [3.05, 3.63) is 59.7 Å². The molecule has 2 aromatic carbocycles. The predicted molar refractivity (Wildman–Crippen MR) is 123 cm³/mol. The van der Waals surface area contributed by atoms with Gasteiger partial charge in [-0.2, -0.15) is 0 Å². The normalized spacial score (nSPS) is 27.4. The number of para-hydroxylation sites is 2. The van der Waals surface area contributed by atoms with Crippen molar-refractivity contribution in [2.75, 3.05) is 32.1 Å². The average Bonchev–Trinajstić information content (AvgIpc) is 2.94. The summed E-state index contributed by atoms with van der Waals surface area (Å²) < 4.78 is 5.73. The summed E-state index contributed by atoms with van der Waals surface area (Å²) in [5.74, 6) is -1.36. The number of hydrogen-bond acceptors (Lipinski definition) is 6. The number of aliphatic hydroxyl groups excluding tert-OH is 3. The van der Waals surface area contributed by atoms with Gasteiger partial charge in [0.2, 0.25) is 6.23 Å². The largest absolute Gasteiger partial charge is 0.479 e. The van der Waals surface area contributed by atoms with Crippen molar-refractivity contribution in [2.45, 2.75) is 49.9 Å². The average molecular weight is 458 g/mol. The van der Waals surface area contributed by atoms with E-state index in [2.05, 4.69) is 41.3 Å². The Hall–Kier alpha value is -2.49. The quantitative estimate of drug-likeness (QED) is 0.484. The highest BCUT2D eigenvalue weighted by Gasteiger charge is 2.52. The number of aliphatic hydroxyl groups is 3. The molecule has 178 valence electrons. The first-order chi connectivity index (χ1) is 15.7. The number of aryl methyl sites for hydroxylation is 2. The van der Waals surface area contributed by atoms with Gasteiger partial charge in [0.15, 0.2) is 12.2 Å². The number of quaternary nitrogens is 1. The van der Waals surface area contributed by atoms with E-state index in [1.807, 2.05) is 26.2 Å². The van der Waals surface area contributed by atoms with Crippen LogP contribution in [0.4, 0.5) is 11.4 Å². The first kappa shape index (κ1) is 23.7. The van der Waals surface area contributed by atoms with Crippen LogP contribution < -0.4 is 4.90 Å². The van der Waals surface area contributed by atoms with Crippen molar-refractivity contribution >= 4 is 17.3 Å². The molecule has 0 bridgehead atoms. The Morgan fingerprint density at radius 2 is 1.48 bits per heavy atom. The third-order valence-corrected chi connectivity index (χ3v) is 6.87. The van der Waals surface area contributed by atoms with Crippen molar-refractivity contribution in [3.63, 3.8) is 0 Å². The first-order valence-corrected chi connectivity index (χ1v) is 11.4. The van der Waals surface area contributed by atoms with E-state index in [9.17, 15) is 25.2 Å². The van der Waals surface area contributed by atoms with Crippen LogP contribution in [0.15, 0.2) is 48.5 Å². The molecule has 8 nitrogen and oxygen atoms in total. The van der Waals surface area contributed by atoms with Crippen LogP contribution in [0, 0.1) is 0 Å². The maximum Gasteiger partial charge on any atom is 0.335 e. The highest BCUT2D eigenvalue weighted by atomic mass is 16.6. The summed E-state index contributed by atoms with van der Waals surface area (Å²) in [4.78, 5) is 13.8. The minimum Gasteiger partial charge on any atom is -0.479 e. The lowest BCUT2D eigenvalue weighted by Gasteiger charge is -2.46. The number of benzene rings is 2. The lowest BCUT2D eigenvalue weighted by atomic mass is 9.96. The lowest BCUT2D eigenvalue weighted by Crippen LogP contribution is -2.68. The first-order valence-electron chi connectivity index (χ1n) is 11.4. The second-order valence-corrected chi connectivity index (χ2v) is 9.52. The molecule has 1 fully saturated rings. The van der Waals surface area contributed by atoms with Gasteiger partial charge in [0.05, 0.1) is 20.6 Å². The smallest absolute Gasteiger partial charge is 0.335 e. The van der Waals surface area contributed by atoms with Crippen LogP contribution in [-0.2, 0) is 22.4 Å². The molecule has 0 spiro atoms. The molecule has 8 heteroatoms. The monoisotopic (exact) mass is 457 g/mol. The van der Waals surface area contributed by atoms with Crippen LogP contribution in [0.3, 0.4) is 0 Å². The minimum atomic E-state index is -1.68. The Kier molecular flexibility index (Phi) is 6.74. The van der Waals surface area contributed by atoms with Crippen LogP contribution in [0.25, 0.3) is 0 Å². The molecule has 5 atom stereocenters. The van der Waals surface area contributed by atoms with Gasteiger partial charge in [-0.05, 0) is 36.1 Å². The molecule has 0 amide bonds. The van der Waals surface area contributed by atoms with Gasteiger partial charge in [-0.25, -0.2) is 4.79 Å². The second-order valence-electron chi connectivity index (χ2n) is 9.52. The third-order valence-electron chi connectivity index (χ3n) is 6.87. The maximum absolute atomic E-state index is 11.5. The Bertz CT molecular complexity index is 949. The molecule has 0 aliphatic carbocycles. The molecule has 4 N–H and O–H groups in total. The van der Waals surface area contributed by atoms with E-state index in [4.69, 9.17) is 4.74 Å². The zero-order valence-electron chi connectivity index (χ0n) is 19.0. The van der Waals surface area contributed by atoms with E-state index >= 15 is 0 Å². The molecule has 2 heterocycles. The van der Waals surface area contributed by atoms with Gasteiger partial charge in [0.25, 0.3) is 0 Å². The summed E-state index contributed by atoms with van der Waals surface area (Å²) in [6.45, 7) is 1.30. The molecule has 4 rings (SSSR count). The topological polar surface area (TPSA) is 110 Å². The van der Waals surface area contributed by atoms with Gasteiger partial charge >= 0.3 is 5.97 Å². The predicted octanol–water partition coefficient (Wildman–Crippen LogP) is 1.28. The standard InChI is InChI=1S/C25H32N2O6/c1-27(2,24-22(30)20(28)21(29)23(33-24)25(31)32)15-7-14-26-18-10-5-3-8-16(18)12-13-17-9-4-6-11-19(17)26/h3-6,8-11,20-24,28-30H,7,12-15H2,1-2H3/p+1/t20-,21+,22+,23+,24-/m1/s1. The summed E-state index contributed by atoms with van der Waals surface area (Å²) in [6.07, 6.45) is -4.55. The number of rotatable bonds is 6. The Morgan fingerprint density at radius 3 is 2.03 bits per heavy atom. The summed E-state index contributed by atoms with van der Waals surface area (Å²) in [5.41, 5.74) is 4.97. The van der Waals surface area contributed by atoms with E-state index in [1.165, 1.54) is 22.5 Å². The number of hydrogen-bond donors (Lipinski definition) is 4. The molecule has 0 unspecified atom stereocenters. The number of carboxylic acids is 1. The number of likely N-dealkylation sites (N-methyl/N-ethyl adjacent to an activating group) is 1. The Labute approximate surface area is 193 Å². The van der Waals surface area contributed by atoms with E-state index < -0.39 is 36.6 Å². The van der Waals surface area contributed by atoms with Crippen LogP contribution in [0.5, 0.6) is 0 Å². The molecule has 1 saturated heterocycles. The molecular weight excluding hydrogens is 424 g/mol. The fourth-order valence-corrected chi connectivity index (χ4v) is 5.02. The van der Waals surface area contributed by atoms with Crippen LogP contribution in [0.2, 0.25) is 0 Å². The van der Waals surface area contributed by atoms with Gasteiger partial charge in [-0.15, -0.1) is 0 Å². The molecule has 2 aliphatic heterocycles. The molecule has 0 radical (unpaired) electrons. The molecule has 0 aromatic heterocycles. The fourth-order valence-electron chi connectivity index (χ4n) is 5.02. The highest BCUT2D eigenvalue weighted by Crippen LogP contribution is 2.36. The van der Waals surface area contributed by atoms with Gasteiger partial charge < -0.3 is 34.5 Å². The fraction of sp³-hybridized carbons (Fsp3) is 0.480. The van der Waals surface area contributed by atoms with Crippen LogP contribution >= 0.6 is 0 Å². The van der Waals surface area contributed by atoms with Crippen molar-refractivity contribution in [3.8, 4) is 0 Å². The summed E-state index contributed by atoms with van der Waals surface area (Å²) in [7, 11) is 3.67. The number of carbonyl (C=O) groups is 1. The van der Waals surface area contributed by atoms with E-state index in [1.54, 1.807) is 0 Å². The lowest BCUT2D eigenvalue weighted by molar-refractivity contribution is -0.944. The summed E-state index contributed by atoms with van der Waals surface area (Å²) in [5, 5.41) is 40.1. The van der Waals surface area contributed by atoms with E-state index in [0.717, 1.165) is 25.8 Å².